The summed E-state index contributed by atoms with van der Waals surface area (Å²) in [7, 11) is -5.66. The summed E-state index contributed by atoms with van der Waals surface area (Å²) in [5.74, 6) is 0. The van der Waals surface area contributed by atoms with E-state index >= 15 is 0 Å². The summed E-state index contributed by atoms with van der Waals surface area (Å²) >= 11 is 0. The molecule has 3 rings (SSSR count). The van der Waals surface area contributed by atoms with Crippen molar-refractivity contribution in [2.75, 3.05) is 0 Å². The number of rotatable bonds is 3. The van der Waals surface area contributed by atoms with Gasteiger partial charge in [0.15, 0.2) is 0 Å². The predicted octanol–water partition coefficient (Wildman–Crippen LogP) is 0.570. The van der Waals surface area contributed by atoms with E-state index in [2.05, 4.69) is 4.98 Å². The maximum Gasteiger partial charge on any atom is 0.492 e. The minimum Gasteiger partial charge on any atom is -0.423 e. The van der Waals surface area contributed by atoms with E-state index in [1.165, 1.54) is 18.3 Å². The number of fused-ring (bicyclic) bond motifs is 1. The highest BCUT2D eigenvalue weighted by Crippen LogP contribution is 2.21. The van der Waals surface area contributed by atoms with E-state index in [1.807, 2.05) is 6.92 Å². The average Bonchev–Trinajstić information content (AvgIpc) is 2.87. The molecule has 2 N–H and O–H groups in total. The summed E-state index contributed by atoms with van der Waals surface area (Å²) in [4.78, 5) is 4.36. The van der Waals surface area contributed by atoms with Crippen LogP contribution in [0.3, 0.4) is 0 Å². The predicted molar refractivity (Wildman–Crippen MR) is 88.1 cm³/mol. The zero-order chi connectivity index (χ0) is 16.8. The molecule has 0 unspecified atom stereocenters. The van der Waals surface area contributed by atoms with Crippen LogP contribution in [0.15, 0.2) is 47.5 Å². The molecule has 3 aromatic rings. The third-order valence-electron chi connectivity index (χ3n) is 3.64. The first-order valence-electron chi connectivity index (χ1n) is 6.97. The third-order valence-corrected chi connectivity index (χ3v) is 5.32. The molecule has 0 fully saturated rings. The van der Waals surface area contributed by atoms with Crippen molar-refractivity contribution < 1.29 is 18.5 Å². The fourth-order valence-electron chi connectivity index (χ4n) is 2.41. The zero-order valence-corrected chi connectivity index (χ0v) is 13.4. The molecule has 23 heavy (non-hydrogen) atoms. The molecule has 0 atom stereocenters. The molecule has 8 heteroatoms. The van der Waals surface area contributed by atoms with E-state index in [9.17, 15) is 18.5 Å². The first-order chi connectivity index (χ1) is 10.8. The van der Waals surface area contributed by atoms with Crippen LogP contribution in [0, 0.1) is 13.8 Å². The van der Waals surface area contributed by atoms with Crippen LogP contribution < -0.4 is 5.46 Å². The molecule has 1 aromatic carbocycles. The summed E-state index contributed by atoms with van der Waals surface area (Å²) in [6, 6.07) is 9.75. The lowest BCUT2D eigenvalue weighted by molar-refractivity contribution is 0.426. The van der Waals surface area contributed by atoms with Crippen molar-refractivity contribution >= 4 is 33.6 Å². The second kappa shape index (κ2) is 5.49. The highest BCUT2D eigenvalue weighted by atomic mass is 32.2. The lowest BCUT2D eigenvalue weighted by Gasteiger charge is -2.07. The molecule has 0 spiro atoms. The molecule has 2 heterocycles. The summed E-state index contributed by atoms with van der Waals surface area (Å²) < 4.78 is 26.7. The van der Waals surface area contributed by atoms with E-state index in [0.717, 1.165) is 9.54 Å². The van der Waals surface area contributed by atoms with Crippen LogP contribution in [0.2, 0.25) is 0 Å². The van der Waals surface area contributed by atoms with Gasteiger partial charge in [-0.1, -0.05) is 17.7 Å². The Bertz CT molecular complexity index is 979. The van der Waals surface area contributed by atoms with Gasteiger partial charge >= 0.3 is 7.12 Å². The van der Waals surface area contributed by atoms with Crippen LogP contribution >= 0.6 is 0 Å². The maximum absolute atomic E-state index is 12.9. The highest BCUT2D eigenvalue weighted by molar-refractivity contribution is 7.90. The fourth-order valence-corrected chi connectivity index (χ4v) is 3.77. The van der Waals surface area contributed by atoms with E-state index < -0.39 is 17.1 Å². The van der Waals surface area contributed by atoms with Crippen LogP contribution in [0.25, 0.3) is 11.0 Å². The number of nitrogens with zero attached hydrogens (tertiary/aromatic N) is 2. The number of pyridine rings is 1. The summed E-state index contributed by atoms with van der Waals surface area (Å²) in [5.41, 5.74) is 2.23. The lowest BCUT2D eigenvalue weighted by atomic mass is 9.81. The van der Waals surface area contributed by atoms with Crippen LogP contribution in [-0.4, -0.2) is 34.5 Å². The molecule has 0 aliphatic rings. The molecule has 0 saturated carbocycles. The minimum atomic E-state index is -3.85. The van der Waals surface area contributed by atoms with Crippen molar-refractivity contribution in [2.45, 2.75) is 18.7 Å². The summed E-state index contributed by atoms with van der Waals surface area (Å²) in [6.45, 7) is 3.62. The van der Waals surface area contributed by atoms with Gasteiger partial charge in [0, 0.05) is 17.4 Å². The Hall–Kier alpha value is -2.16. The zero-order valence-electron chi connectivity index (χ0n) is 12.6. The van der Waals surface area contributed by atoms with Gasteiger partial charge in [-0.15, -0.1) is 0 Å². The van der Waals surface area contributed by atoms with Crippen molar-refractivity contribution in [1.29, 1.82) is 0 Å². The lowest BCUT2D eigenvalue weighted by Crippen LogP contribution is -2.30. The quantitative estimate of drug-likeness (QED) is 0.685. The van der Waals surface area contributed by atoms with Crippen molar-refractivity contribution in [3.05, 3.63) is 53.9 Å². The largest absolute Gasteiger partial charge is 0.492 e. The van der Waals surface area contributed by atoms with Gasteiger partial charge < -0.3 is 10.0 Å². The molecule has 0 bridgehead atoms. The molecule has 0 saturated heterocycles. The molecule has 2 aromatic heterocycles. The monoisotopic (exact) mass is 330 g/mol. The van der Waals surface area contributed by atoms with E-state index in [-0.39, 0.29) is 15.9 Å². The van der Waals surface area contributed by atoms with Gasteiger partial charge in [-0.2, -0.15) is 0 Å². The van der Waals surface area contributed by atoms with E-state index in [0.29, 0.717) is 11.2 Å². The van der Waals surface area contributed by atoms with Crippen molar-refractivity contribution in [3.63, 3.8) is 0 Å². The molecular formula is C15H15BN2O4S. The average molecular weight is 330 g/mol. The third kappa shape index (κ3) is 2.65. The second-order valence-electron chi connectivity index (χ2n) is 5.39. The normalized spacial score (nSPS) is 11.8. The molecule has 0 amide bonds. The number of hydrogen-bond donors (Lipinski definition) is 2. The first-order valence-corrected chi connectivity index (χ1v) is 8.41. The molecule has 0 aliphatic heterocycles. The topological polar surface area (TPSA) is 92.4 Å². The number of hydrogen-bond acceptors (Lipinski definition) is 5. The fraction of sp³-hybridized carbons (Fsp3) is 0.133. The summed E-state index contributed by atoms with van der Waals surface area (Å²) in [5, 5.41) is 19.0. The van der Waals surface area contributed by atoms with Gasteiger partial charge in [0.2, 0.25) is 0 Å². The Morgan fingerprint density at radius 3 is 2.30 bits per heavy atom. The smallest absolute Gasteiger partial charge is 0.423 e. The maximum atomic E-state index is 12.9. The van der Waals surface area contributed by atoms with Crippen molar-refractivity contribution in [3.8, 4) is 0 Å². The second-order valence-corrected chi connectivity index (χ2v) is 7.21. The van der Waals surface area contributed by atoms with Gasteiger partial charge in [0.1, 0.15) is 0 Å². The van der Waals surface area contributed by atoms with Crippen LogP contribution in [0.4, 0.5) is 0 Å². The molecule has 6 nitrogen and oxygen atoms in total. The molecule has 0 radical (unpaired) electrons. The Kier molecular flexibility index (Phi) is 3.75. The number of aromatic nitrogens is 2. The Labute approximate surface area is 134 Å². The Balaban J connectivity index is 2.29. The molecule has 0 aliphatic carbocycles. The minimum absolute atomic E-state index is 0.0550. The van der Waals surface area contributed by atoms with Crippen molar-refractivity contribution in [1.82, 2.24) is 8.96 Å². The SMILES string of the molecule is Cc1ccc(S(=O)(=O)n2cc(B(O)O)c3nc(C)ccc32)cc1. The van der Waals surface area contributed by atoms with Crippen LogP contribution in [0.1, 0.15) is 11.3 Å². The van der Waals surface area contributed by atoms with E-state index in [1.54, 1.807) is 31.2 Å². The first kappa shape index (κ1) is 15.7. The standard InChI is InChI=1S/C15H15BN2O4S/c1-10-3-6-12(7-4-10)23(21,22)18-9-13(16(19)20)15-14(18)8-5-11(2)17-15/h3-9,19-20H,1-2H3. The number of aryl methyl sites for hydroxylation is 2. The van der Waals surface area contributed by atoms with E-state index in [4.69, 9.17) is 0 Å². The van der Waals surface area contributed by atoms with Gasteiger partial charge in [-0.25, -0.2) is 12.4 Å². The van der Waals surface area contributed by atoms with Crippen LogP contribution in [0.5, 0.6) is 0 Å². The van der Waals surface area contributed by atoms with Crippen molar-refractivity contribution in [2.24, 2.45) is 0 Å². The molecule has 118 valence electrons. The highest BCUT2D eigenvalue weighted by Gasteiger charge is 2.26. The van der Waals surface area contributed by atoms with Crippen LogP contribution in [-0.2, 0) is 10.0 Å². The molecular weight excluding hydrogens is 315 g/mol. The van der Waals surface area contributed by atoms with Gasteiger partial charge in [0.25, 0.3) is 10.0 Å². The number of benzene rings is 1. The van der Waals surface area contributed by atoms with Gasteiger partial charge in [-0.05, 0) is 38.1 Å². The Morgan fingerprint density at radius 1 is 1.04 bits per heavy atom. The Morgan fingerprint density at radius 2 is 1.70 bits per heavy atom. The summed E-state index contributed by atoms with van der Waals surface area (Å²) in [6.07, 6.45) is 1.21. The van der Waals surface area contributed by atoms with Gasteiger partial charge in [-0.3, -0.25) is 4.98 Å². The van der Waals surface area contributed by atoms with Gasteiger partial charge in [0.05, 0.1) is 15.9 Å².